The summed E-state index contributed by atoms with van der Waals surface area (Å²) in [6.07, 6.45) is 1.48. The number of nitrogens with one attached hydrogen (secondary N) is 1. The zero-order valence-electron chi connectivity index (χ0n) is 9.58. The van der Waals surface area contributed by atoms with Crippen LogP contribution in [-0.2, 0) is 7.05 Å². The summed E-state index contributed by atoms with van der Waals surface area (Å²) >= 11 is 0. The molecule has 2 rings (SSSR count). The number of aryl methyl sites for hydroxylation is 1. The second-order valence-electron chi connectivity index (χ2n) is 3.65. The number of nitrogens with two attached hydrogens (primary N) is 1. The molecule has 0 atom stereocenters. The van der Waals surface area contributed by atoms with Crippen LogP contribution in [0.3, 0.4) is 0 Å². The molecule has 18 heavy (non-hydrogen) atoms. The molecule has 0 radical (unpaired) electrons. The molecule has 7 heteroatoms. The highest BCUT2D eigenvalue weighted by Crippen LogP contribution is 2.18. The Labute approximate surface area is 103 Å². The van der Waals surface area contributed by atoms with E-state index in [0.717, 1.165) is 0 Å². The second-order valence-corrected chi connectivity index (χ2v) is 3.65. The third-order valence-electron chi connectivity index (χ3n) is 2.25. The van der Waals surface area contributed by atoms with Crippen molar-refractivity contribution in [3.8, 4) is 6.07 Å². The smallest absolute Gasteiger partial charge is 0.277 e. The van der Waals surface area contributed by atoms with E-state index in [0.29, 0.717) is 16.9 Å². The number of anilines is 2. The van der Waals surface area contributed by atoms with Crippen molar-refractivity contribution in [3.63, 3.8) is 0 Å². The number of aromatic nitrogens is 3. The Morgan fingerprint density at radius 3 is 2.94 bits per heavy atom. The molecule has 0 aliphatic rings. The van der Waals surface area contributed by atoms with Crippen molar-refractivity contribution < 1.29 is 4.79 Å². The average Bonchev–Trinajstić information content (AvgIpc) is 2.78. The highest BCUT2D eigenvalue weighted by atomic mass is 16.2. The first-order valence-corrected chi connectivity index (χ1v) is 5.07. The van der Waals surface area contributed by atoms with Crippen molar-refractivity contribution >= 4 is 17.3 Å². The van der Waals surface area contributed by atoms with Crippen LogP contribution in [-0.4, -0.2) is 20.9 Å². The first-order valence-electron chi connectivity index (χ1n) is 5.07. The predicted octanol–water partition coefficient (Wildman–Crippen LogP) is 0.521. The van der Waals surface area contributed by atoms with E-state index in [1.807, 2.05) is 6.07 Å². The third kappa shape index (κ3) is 2.27. The quantitative estimate of drug-likeness (QED) is 0.746. The summed E-state index contributed by atoms with van der Waals surface area (Å²) in [5.74, 6) is -0.427. The van der Waals surface area contributed by atoms with Crippen LogP contribution < -0.4 is 11.1 Å². The highest BCUT2D eigenvalue weighted by molar-refractivity contribution is 6.03. The first-order chi connectivity index (χ1) is 8.60. The Kier molecular flexibility index (Phi) is 2.93. The Morgan fingerprint density at radius 1 is 1.56 bits per heavy atom. The van der Waals surface area contributed by atoms with Crippen LogP contribution in [0.25, 0.3) is 0 Å². The predicted molar refractivity (Wildman–Crippen MR) is 64.5 cm³/mol. The molecule has 3 N–H and O–H groups in total. The number of rotatable bonds is 2. The number of nitrogens with zero attached hydrogens (tertiary/aromatic N) is 4. The molecule has 0 aliphatic carbocycles. The molecule has 1 amide bonds. The van der Waals surface area contributed by atoms with Crippen LogP contribution in [0.15, 0.2) is 24.4 Å². The number of hydrogen-bond donors (Lipinski definition) is 2. The Hall–Kier alpha value is -2.88. The second kappa shape index (κ2) is 4.55. The summed E-state index contributed by atoms with van der Waals surface area (Å²) in [5, 5.41) is 18.9. The fourth-order valence-electron chi connectivity index (χ4n) is 1.40. The van der Waals surface area contributed by atoms with E-state index in [2.05, 4.69) is 15.6 Å². The lowest BCUT2D eigenvalue weighted by atomic mass is 10.1. The van der Waals surface area contributed by atoms with Crippen LogP contribution in [0.4, 0.5) is 11.4 Å². The van der Waals surface area contributed by atoms with Gasteiger partial charge in [0.1, 0.15) is 6.07 Å². The van der Waals surface area contributed by atoms with Gasteiger partial charge in [-0.2, -0.15) is 5.26 Å². The number of carbonyl (C=O) groups is 1. The average molecular weight is 242 g/mol. The molecular formula is C11H10N6O. The van der Waals surface area contributed by atoms with Gasteiger partial charge in [0, 0.05) is 12.7 Å². The van der Waals surface area contributed by atoms with Gasteiger partial charge in [-0.25, -0.2) is 0 Å². The number of benzene rings is 1. The highest BCUT2D eigenvalue weighted by Gasteiger charge is 2.12. The molecule has 7 nitrogen and oxygen atoms in total. The summed E-state index contributed by atoms with van der Waals surface area (Å²) < 4.78 is 1.42. The molecule has 1 aromatic heterocycles. The Bertz CT molecular complexity index is 639. The first kappa shape index (κ1) is 11.6. The van der Waals surface area contributed by atoms with Gasteiger partial charge in [-0.05, 0) is 18.2 Å². The number of hydrogen-bond acceptors (Lipinski definition) is 5. The van der Waals surface area contributed by atoms with Gasteiger partial charge in [0.2, 0.25) is 0 Å². The van der Waals surface area contributed by atoms with Crippen LogP contribution >= 0.6 is 0 Å². The normalized spacial score (nSPS) is 9.78. The SMILES string of the molecule is Cn1cc(C(=O)Nc2ccc(N)cc2C#N)nn1. The monoisotopic (exact) mass is 242 g/mol. The molecule has 0 saturated carbocycles. The van der Waals surface area contributed by atoms with Gasteiger partial charge in [0.15, 0.2) is 5.69 Å². The van der Waals surface area contributed by atoms with Crippen LogP contribution in [0, 0.1) is 11.3 Å². The maximum Gasteiger partial charge on any atom is 0.277 e. The summed E-state index contributed by atoms with van der Waals surface area (Å²) in [4.78, 5) is 11.8. The molecule has 0 saturated heterocycles. The summed E-state index contributed by atoms with van der Waals surface area (Å²) in [6.45, 7) is 0. The zero-order chi connectivity index (χ0) is 13.1. The molecule has 90 valence electrons. The van der Waals surface area contributed by atoms with Gasteiger partial charge in [-0.1, -0.05) is 5.21 Å². The third-order valence-corrected chi connectivity index (χ3v) is 2.25. The van der Waals surface area contributed by atoms with Crippen molar-refractivity contribution in [2.75, 3.05) is 11.1 Å². The molecule has 1 heterocycles. The van der Waals surface area contributed by atoms with Crippen LogP contribution in [0.5, 0.6) is 0 Å². The molecule has 1 aromatic carbocycles. The van der Waals surface area contributed by atoms with E-state index < -0.39 is 5.91 Å². The lowest BCUT2D eigenvalue weighted by Crippen LogP contribution is -2.13. The molecule has 0 unspecified atom stereocenters. The van der Waals surface area contributed by atoms with Crippen molar-refractivity contribution in [2.45, 2.75) is 0 Å². The van der Waals surface area contributed by atoms with Gasteiger partial charge in [-0.3, -0.25) is 9.48 Å². The van der Waals surface area contributed by atoms with Gasteiger partial charge >= 0.3 is 0 Å². The van der Waals surface area contributed by atoms with Crippen molar-refractivity contribution in [1.29, 1.82) is 5.26 Å². The zero-order valence-corrected chi connectivity index (χ0v) is 9.58. The summed E-state index contributed by atoms with van der Waals surface area (Å²) in [6, 6.07) is 6.63. The largest absolute Gasteiger partial charge is 0.399 e. The van der Waals surface area contributed by atoms with Crippen molar-refractivity contribution in [2.24, 2.45) is 7.05 Å². The van der Waals surface area contributed by atoms with Gasteiger partial charge in [-0.15, -0.1) is 5.10 Å². The minimum Gasteiger partial charge on any atom is -0.399 e. The van der Waals surface area contributed by atoms with E-state index in [4.69, 9.17) is 11.0 Å². The van der Waals surface area contributed by atoms with Gasteiger partial charge < -0.3 is 11.1 Å². The van der Waals surface area contributed by atoms with Crippen LogP contribution in [0.1, 0.15) is 16.1 Å². The Morgan fingerprint density at radius 2 is 2.33 bits per heavy atom. The number of carbonyl (C=O) groups excluding carboxylic acids is 1. The van der Waals surface area contributed by atoms with Crippen LogP contribution in [0.2, 0.25) is 0 Å². The molecule has 0 spiro atoms. The number of nitrogen functional groups attached to an aromatic ring is 1. The molecule has 0 bridgehead atoms. The standard InChI is InChI=1S/C11H10N6O/c1-17-6-10(15-16-17)11(18)14-9-3-2-8(13)4-7(9)5-12/h2-4,6H,13H2,1H3,(H,14,18). The fourth-order valence-corrected chi connectivity index (χ4v) is 1.40. The minimum absolute atomic E-state index is 0.179. The van der Waals surface area contributed by atoms with E-state index in [1.165, 1.54) is 16.9 Å². The molecule has 2 aromatic rings. The van der Waals surface area contributed by atoms with Crippen molar-refractivity contribution in [1.82, 2.24) is 15.0 Å². The van der Waals surface area contributed by atoms with E-state index in [1.54, 1.807) is 19.2 Å². The molecule has 0 fully saturated rings. The fraction of sp³-hybridized carbons (Fsp3) is 0.0909. The summed E-state index contributed by atoms with van der Waals surface area (Å²) in [7, 11) is 1.66. The summed E-state index contributed by atoms with van der Waals surface area (Å²) in [5.41, 5.74) is 6.89. The van der Waals surface area contributed by atoms with Gasteiger partial charge in [0.05, 0.1) is 17.4 Å². The lowest BCUT2D eigenvalue weighted by Gasteiger charge is -2.05. The molecular weight excluding hydrogens is 232 g/mol. The van der Waals surface area contributed by atoms with E-state index in [9.17, 15) is 4.79 Å². The molecule has 0 aliphatic heterocycles. The van der Waals surface area contributed by atoms with Crippen molar-refractivity contribution in [3.05, 3.63) is 35.7 Å². The Balaban J connectivity index is 2.25. The van der Waals surface area contributed by atoms with E-state index >= 15 is 0 Å². The minimum atomic E-state index is -0.427. The maximum atomic E-state index is 11.8. The van der Waals surface area contributed by atoms with Gasteiger partial charge in [0.25, 0.3) is 5.91 Å². The number of nitriles is 1. The number of amides is 1. The topological polar surface area (TPSA) is 110 Å². The maximum absolute atomic E-state index is 11.8. The lowest BCUT2D eigenvalue weighted by molar-refractivity contribution is 0.102. The van der Waals surface area contributed by atoms with E-state index in [-0.39, 0.29) is 5.69 Å².